The van der Waals surface area contributed by atoms with Crippen LogP contribution in [-0.2, 0) is 4.74 Å². The standard InChI is InChI=1S/C10H22NO/c1-4-11(5-2,6-3)8-7-10-9-12-10/h10H,4-9H2,1-3H3/q+1. The molecule has 1 aliphatic rings. The summed E-state index contributed by atoms with van der Waals surface area (Å²) >= 11 is 0. The molecule has 2 heteroatoms. The van der Waals surface area contributed by atoms with Gasteiger partial charge in [0.05, 0.1) is 38.9 Å². The largest absolute Gasteiger partial charge is 0.373 e. The first-order valence-corrected chi connectivity index (χ1v) is 5.23. The molecule has 1 heterocycles. The van der Waals surface area contributed by atoms with Gasteiger partial charge in [-0.3, -0.25) is 0 Å². The number of hydrogen-bond acceptors (Lipinski definition) is 1. The molecule has 1 unspecified atom stereocenters. The molecule has 1 aliphatic heterocycles. The first-order valence-electron chi connectivity index (χ1n) is 5.23. The van der Waals surface area contributed by atoms with Crippen LogP contribution in [0.1, 0.15) is 27.2 Å². The number of epoxide rings is 1. The molecule has 12 heavy (non-hydrogen) atoms. The fourth-order valence-corrected chi connectivity index (χ4v) is 1.80. The van der Waals surface area contributed by atoms with Crippen molar-refractivity contribution in [2.75, 3.05) is 32.8 Å². The Morgan fingerprint density at radius 2 is 1.67 bits per heavy atom. The predicted molar refractivity (Wildman–Crippen MR) is 51.1 cm³/mol. The molecule has 1 saturated heterocycles. The summed E-state index contributed by atoms with van der Waals surface area (Å²) in [7, 11) is 0. The Bertz CT molecular complexity index is 120. The third kappa shape index (κ3) is 2.46. The van der Waals surface area contributed by atoms with Crippen LogP contribution < -0.4 is 0 Å². The Labute approximate surface area is 76.1 Å². The SMILES string of the molecule is CC[N+](CC)(CC)CCC1CO1. The summed E-state index contributed by atoms with van der Waals surface area (Å²) in [6.07, 6.45) is 1.86. The van der Waals surface area contributed by atoms with Gasteiger partial charge in [0.25, 0.3) is 0 Å². The normalized spacial score (nSPS) is 22.8. The topological polar surface area (TPSA) is 12.5 Å². The summed E-state index contributed by atoms with van der Waals surface area (Å²) in [5.41, 5.74) is 0. The number of nitrogens with zero attached hydrogens (tertiary/aromatic N) is 1. The van der Waals surface area contributed by atoms with Gasteiger partial charge in [0.2, 0.25) is 0 Å². The van der Waals surface area contributed by atoms with Crippen LogP contribution in [0.4, 0.5) is 0 Å². The summed E-state index contributed by atoms with van der Waals surface area (Å²) in [5.74, 6) is 0. The van der Waals surface area contributed by atoms with Crippen LogP contribution in [0.2, 0.25) is 0 Å². The van der Waals surface area contributed by atoms with Gasteiger partial charge in [0.15, 0.2) is 0 Å². The quantitative estimate of drug-likeness (QED) is 0.438. The van der Waals surface area contributed by atoms with Crippen molar-refractivity contribution in [1.29, 1.82) is 0 Å². The van der Waals surface area contributed by atoms with E-state index in [1.807, 2.05) is 0 Å². The lowest BCUT2D eigenvalue weighted by Gasteiger charge is -2.35. The molecule has 0 aromatic carbocycles. The van der Waals surface area contributed by atoms with E-state index >= 15 is 0 Å². The maximum atomic E-state index is 5.23. The van der Waals surface area contributed by atoms with Crippen molar-refractivity contribution in [3.63, 3.8) is 0 Å². The van der Waals surface area contributed by atoms with Gasteiger partial charge in [-0.15, -0.1) is 0 Å². The molecule has 0 saturated carbocycles. The smallest absolute Gasteiger partial charge is 0.0863 e. The van der Waals surface area contributed by atoms with Gasteiger partial charge in [0.1, 0.15) is 0 Å². The minimum Gasteiger partial charge on any atom is -0.373 e. The zero-order chi connectivity index (χ0) is 9.03. The highest BCUT2D eigenvalue weighted by Gasteiger charge is 2.28. The molecule has 2 nitrogen and oxygen atoms in total. The lowest BCUT2D eigenvalue weighted by molar-refractivity contribution is -0.923. The van der Waals surface area contributed by atoms with Crippen molar-refractivity contribution in [1.82, 2.24) is 0 Å². The van der Waals surface area contributed by atoms with Gasteiger partial charge in [0, 0.05) is 6.42 Å². The van der Waals surface area contributed by atoms with E-state index < -0.39 is 0 Å². The summed E-state index contributed by atoms with van der Waals surface area (Å²) in [5, 5.41) is 0. The van der Waals surface area contributed by atoms with E-state index in [1.54, 1.807) is 0 Å². The van der Waals surface area contributed by atoms with Crippen molar-refractivity contribution in [3.8, 4) is 0 Å². The second kappa shape index (κ2) is 4.24. The number of rotatable bonds is 6. The number of ether oxygens (including phenoxy) is 1. The Balaban J connectivity index is 2.28. The highest BCUT2D eigenvalue weighted by Crippen LogP contribution is 2.17. The maximum absolute atomic E-state index is 5.23. The molecule has 0 N–H and O–H groups in total. The molecule has 0 bridgehead atoms. The lowest BCUT2D eigenvalue weighted by Crippen LogP contribution is -2.48. The second-order valence-corrected chi connectivity index (χ2v) is 3.76. The highest BCUT2D eigenvalue weighted by molar-refractivity contribution is 4.68. The first-order chi connectivity index (χ1) is 5.76. The van der Waals surface area contributed by atoms with E-state index in [4.69, 9.17) is 4.74 Å². The van der Waals surface area contributed by atoms with Crippen LogP contribution in [-0.4, -0.2) is 43.4 Å². The average Bonchev–Trinajstić information content (AvgIpc) is 2.92. The molecule has 72 valence electrons. The van der Waals surface area contributed by atoms with Gasteiger partial charge in [-0.05, 0) is 20.8 Å². The molecule has 0 aliphatic carbocycles. The molecule has 1 fully saturated rings. The Kier molecular flexibility index (Phi) is 3.53. The number of hydrogen-bond donors (Lipinski definition) is 0. The zero-order valence-electron chi connectivity index (χ0n) is 8.68. The molecule has 0 aromatic rings. The van der Waals surface area contributed by atoms with Gasteiger partial charge in [-0.25, -0.2) is 0 Å². The molecule has 0 aromatic heterocycles. The van der Waals surface area contributed by atoms with Crippen molar-refractivity contribution in [2.24, 2.45) is 0 Å². The molecule has 0 radical (unpaired) electrons. The van der Waals surface area contributed by atoms with E-state index in [0.717, 1.165) is 6.61 Å². The van der Waals surface area contributed by atoms with E-state index in [2.05, 4.69) is 20.8 Å². The van der Waals surface area contributed by atoms with Crippen LogP contribution in [0, 0.1) is 0 Å². The fraction of sp³-hybridized carbons (Fsp3) is 1.00. The summed E-state index contributed by atoms with van der Waals surface area (Å²) in [6, 6.07) is 0. The second-order valence-electron chi connectivity index (χ2n) is 3.76. The molecular formula is C10H22NO+. The van der Waals surface area contributed by atoms with E-state index in [0.29, 0.717) is 6.10 Å². The molecule has 0 spiro atoms. The Morgan fingerprint density at radius 1 is 1.17 bits per heavy atom. The zero-order valence-corrected chi connectivity index (χ0v) is 8.68. The van der Waals surface area contributed by atoms with E-state index in [1.165, 1.54) is 37.1 Å². The first kappa shape index (κ1) is 10.0. The van der Waals surface area contributed by atoms with Crippen molar-refractivity contribution in [3.05, 3.63) is 0 Å². The Morgan fingerprint density at radius 3 is 2.00 bits per heavy atom. The van der Waals surface area contributed by atoms with Crippen LogP contribution in [0.5, 0.6) is 0 Å². The van der Waals surface area contributed by atoms with Crippen molar-refractivity contribution < 1.29 is 9.22 Å². The van der Waals surface area contributed by atoms with Crippen molar-refractivity contribution in [2.45, 2.75) is 33.3 Å². The Hall–Kier alpha value is -0.0800. The van der Waals surface area contributed by atoms with Gasteiger partial charge < -0.3 is 9.22 Å². The average molecular weight is 172 g/mol. The van der Waals surface area contributed by atoms with E-state index in [9.17, 15) is 0 Å². The minimum atomic E-state index is 0.604. The van der Waals surface area contributed by atoms with E-state index in [-0.39, 0.29) is 0 Å². The molecule has 1 rings (SSSR count). The van der Waals surface area contributed by atoms with Crippen molar-refractivity contribution >= 4 is 0 Å². The fourth-order valence-electron chi connectivity index (χ4n) is 1.80. The van der Waals surface area contributed by atoms with Gasteiger partial charge in [-0.2, -0.15) is 0 Å². The maximum Gasteiger partial charge on any atom is 0.0863 e. The van der Waals surface area contributed by atoms with Crippen LogP contribution >= 0.6 is 0 Å². The van der Waals surface area contributed by atoms with Gasteiger partial charge >= 0.3 is 0 Å². The molecule has 1 atom stereocenters. The third-order valence-corrected chi connectivity index (χ3v) is 3.34. The highest BCUT2D eigenvalue weighted by atomic mass is 16.6. The number of quaternary nitrogens is 1. The van der Waals surface area contributed by atoms with Crippen LogP contribution in [0.15, 0.2) is 0 Å². The summed E-state index contributed by atoms with van der Waals surface area (Å²) < 4.78 is 6.49. The van der Waals surface area contributed by atoms with Gasteiger partial charge in [-0.1, -0.05) is 0 Å². The summed E-state index contributed by atoms with van der Waals surface area (Å²) in [6.45, 7) is 13.0. The summed E-state index contributed by atoms with van der Waals surface area (Å²) in [4.78, 5) is 0. The predicted octanol–water partition coefficient (Wildman–Crippen LogP) is 1.65. The molecule has 0 amide bonds. The lowest BCUT2D eigenvalue weighted by atomic mass is 10.2. The van der Waals surface area contributed by atoms with Crippen LogP contribution in [0.3, 0.4) is 0 Å². The monoisotopic (exact) mass is 172 g/mol. The third-order valence-electron chi connectivity index (χ3n) is 3.34. The van der Waals surface area contributed by atoms with Crippen LogP contribution in [0.25, 0.3) is 0 Å². The molecular weight excluding hydrogens is 150 g/mol. The minimum absolute atomic E-state index is 0.604.